The van der Waals surface area contributed by atoms with E-state index in [4.69, 9.17) is 9.97 Å². The molecule has 6 nitrogen and oxygen atoms in total. The van der Waals surface area contributed by atoms with Crippen molar-refractivity contribution < 1.29 is 0 Å². The fraction of sp³-hybridized carbons (Fsp3) is 0. The molecule has 0 amide bonds. The van der Waals surface area contributed by atoms with Gasteiger partial charge < -0.3 is 19.6 Å². The summed E-state index contributed by atoms with van der Waals surface area (Å²) in [4.78, 5) is 20.0. The molecule has 86 heavy (non-hydrogen) atoms. The summed E-state index contributed by atoms with van der Waals surface area (Å²) in [6, 6.07) is 124. The van der Waals surface area contributed by atoms with E-state index in [0.29, 0.717) is 0 Å². The van der Waals surface area contributed by atoms with Gasteiger partial charge in [-0.15, -0.1) is 0 Å². The Morgan fingerprint density at radius 3 is 0.651 bits per heavy atom. The smallest absolute Gasteiger partial charge is 0.0973 e. The van der Waals surface area contributed by atoms with Crippen molar-refractivity contribution in [3.63, 3.8) is 0 Å². The zero-order valence-electron chi connectivity index (χ0n) is 47.2. The monoisotopic (exact) mass is 1100 g/mol. The van der Waals surface area contributed by atoms with Crippen molar-refractivity contribution in [2.45, 2.75) is 0 Å². The van der Waals surface area contributed by atoms with Gasteiger partial charge in [-0.25, -0.2) is 9.97 Å². The minimum Gasteiger partial charge on any atom is -0.311 e. The molecule has 0 aliphatic heterocycles. The van der Waals surface area contributed by atoms with Gasteiger partial charge in [0.2, 0.25) is 0 Å². The quantitative estimate of drug-likeness (QED) is 0.0960. The van der Waals surface area contributed by atoms with Crippen molar-refractivity contribution in [1.29, 1.82) is 0 Å². The van der Waals surface area contributed by atoms with Crippen LogP contribution >= 0.6 is 0 Å². The van der Waals surface area contributed by atoms with Gasteiger partial charge in [-0.1, -0.05) is 194 Å². The zero-order chi connectivity index (χ0) is 57.4. The summed E-state index contributed by atoms with van der Waals surface area (Å²) in [6.07, 6.45) is 0. The second-order valence-corrected chi connectivity index (χ2v) is 21.1. The van der Waals surface area contributed by atoms with Gasteiger partial charge in [0.15, 0.2) is 0 Å². The normalized spacial score (nSPS) is 11.0. The van der Waals surface area contributed by atoms with E-state index in [9.17, 15) is 0 Å². The lowest BCUT2D eigenvalue weighted by Crippen LogP contribution is -2.12. The Labute approximate surface area is 502 Å². The predicted octanol–water partition coefficient (Wildman–Crippen LogP) is 22.2. The number of anilines is 12. The van der Waals surface area contributed by atoms with Crippen molar-refractivity contribution in [2.24, 2.45) is 0 Å². The van der Waals surface area contributed by atoms with E-state index in [-0.39, 0.29) is 0 Å². The summed E-state index contributed by atoms with van der Waals surface area (Å²) in [5.74, 6) is 0. The fourth-order valence-corrected chi connectivity index (χ4v) is 11.4. The van der Waals surface area contributed by atoms with Crippen LogP contribution in [-0.4, -0.2) is 9.97 Å². The number of nitrogens with zero attached hydrogens (tertiary/aromatic N) is 6. The summed E-state index contributed by atoms with van der Waals surface area (Å²) < 4.78 is 0. The zero-order valence-corrected chi connectivity index (χ0v) is 47.2. The maximum atomic E-state index is 5.36. The first kappa shape index (κ1) is 52.5. The first-order valence-corrected chi connectivity index (χ1v) is 29.0. The summed E-state index contributed by atoms with van der Waals surface area (Å²) in [6.45, 7) is 0. The predicted molar refractivity (Wildman–Crippen MR) is 360 cm³/mol. The van der Waals surface area contributed by atoms with Gasteiger partial charge in [-0.3, -0.25) is 0 Å². The highest BCUT2D eigenvalue weighted by molar-refractivity contribution is 5.90. The van der Waals surface area contributed by atoms with Gasteiger partial charge in [0, 0.05) is 79.4 Å². The van der Waals surface area contributed by atoms with Crippen LogP contribution in [0.5, 0.6) is 0 Å². The molecule has 1 aromatic heterocycles. The van der Waals surface area contributed by atoms with Crippen LogP contribution in [0.15, 0.2) is 352 Å². The molecular formula is C80H58N6. The van der Waals surface area contributed by atoms with Crippen molar-refractivity contribution in [1.82, 2.24) is 9.97 Å². The molecule has 14 aromatic rings. The molecule has 0 unspecified atom stereocenters. The molecule has 408 valence electrons. The lowest BCUT2D eigenvalue weighted by atomic mass is 10.0. The van der Waals surface area contributed by atoms with Crippen molar-refractivity contribution in [3.8, 4) is 44.8 Å². The molecule has 0 aliphatic carbocycles. The topological polar surface area (TPSA) is 38.7 Å². The Morgan fingerprint density at radius 2 is 0.360 bits per heavy atom. The second-order valence-electron chi connectivity index (χ2n) is 21.1. The van der Waals surface area contributed by atoms with Crippen LogP contribution < -0.4 is 19.6 Å². The average molecular weight is 1100 g/mol. The minimum atomic E-state index is 0.809. The molecule has 0 aliphatic rings. The van der Waals surface area contributed by atoms with Crippen LogP contribution in [0.3, 0.4) is 0 Å². The van der Waals surface area contributed by atoms with Crippen LogP contribution in [0.25, 0.3) is 55.8 Å². The SMILES string of the molecule is c1ccc(-c2cccc(N(c3ccccc3)c3ccc(N(c4ccccc4)c4ccc(-c5nc6ccccc6nc5-c5ccc(N(c6ccccc6)c6ccc(N(c7ccccc7)c7cccc(-c8ccccc8)c7)cc6)cc5)cc4)cc3)c2)cc1. The van der Waals surface area contributed by atoms with Gasteiger partial charge in [-0.2, -0.15) is 0 Å². The van der Waals surface area contributed by atoms with Crippen LogP contribution in [0.1, 0.15) is 0 Å². The molecule has 0 N–H and O–H groups in total. The third-order valence-corrected chi connectivity index (χ3v) is 15.6. The van der Waals surface area contributed by atoms with E-state index in [2.05, 4.69) is 347 Å². The first-order valence-electron chi connectivity index (χ1n) is 29.0. The highest BCUT2D eigenvalue weighted by atomic mass is 15.2. The molecule has 0 bridgehead atoms. The summed E-state index contributed by atoms with van der Waals surface area (Å²) in [5.41, 5.74) is 22.5. The number of aromatic nitrogens is 2. The maximum Gasteiger partial charge on any atom is 0.0973 e. The molecule has 0 saturated heterocycles. The molecule has 1 heterocycles. The Morgan fingerprint density at radius 1 is 0.151 bits per heavy atom. The lowest BCUT2D eigenvalue weighted by Gasteiger charge is -2.28. The van der Waals surface area contributed by atoms with E-state index in [1.165, 1.54) is 11.1 Å². The van der Waals surface area contributed by atoms with Gasteiger partial charge in [0.05, 0.1) is 22.4 Å². The van der Waals surface area contributed by atoms with E-state index in [0.717, 1.165) is 113 Å². The number of hydrogen-bond acceptors (Lipinski definition) is 6. The third-order valence-electron chi connectivity index (χ3n) is 15.6. The number of benzene rings is 13. The van der Waals surface area contributed by atoms with Gasteiger partial charge in [-0.05, 0) is 180 Å². The number of rotatable bonds is 16. The summed E-state index contributed by atoms with van der Waals surface area (Å²) in [7, 11) is 0. The molecule has 0 atom stereocenters. The number of para-hydroxylation sites is 6. The van der Waals surface area contributed by atoms with E-state index >= 15 is 0 Å². The van der Waals surface area contributed by atoms with E-state index in [1.807, 2.05) is 24.3 Å². The average Bonchev–Trinajstić information content (AvgIpc) is 3.72. The van der Waals surface area contributed by atoms with Gasteiger partial charge in [0.1, 0.15) is 0 Å². The molecule has 0 radical (unpaired) electrons. The molecule has 13 aromatic carbocycles. The van der Waals surface area contributed by atoms with Crippen molar-refractivity contribution in [3.05, 3.63) is 352 Å². The molecule has 14 rings (SSSR count). The van der Waals surface area contributed by atoms with Gasteiger partial charge in [0.25, 0.3) is 0 Å². The van der Waals surface area contributed by atoms with E-state index < -0.39 is 0 Å². The van der Waals surface area contributed by atoms with Crippen LogP contribution in [-0.2, 0) is 0 Å². The largest absolute Gasteiger partial charge is 0.311 e. The Bertz CT molecular complexity index is 4240. The van der Waals surface area contributed by atoms with Crippen LogP contribution in [0, 0.1) is 0 Å². The van der Waals surface area contributed by atoms with Crippen LogP contribution in [0.4, 0.5) is 68.2 Å². The fourth-order valence-electron chi connectivity index (χ4n) is 11.4. The molecule has 0 fully saturated rings. The summed E-state index contributed by atoms with van der Waals surface area (Å²) in [5, 5.41) is 0. The second kappa shape index (κ2) is 24.1. The third kappa shape index (κ3) is 11.0. The Balaban J connectivity index is 0.786. The van der Waals surface area contributed by atoms with Gasteiger partial charge >= 0.3 is 0 Å². The summed E-state index contributed by atoms with van der Waals surface area (Å²) >= 11 is 0. The Kier molecular flexibility index (Phi) is 14.7. The first-order chi connectivity index (χ1) is 42.6. The highest BCUT2D eigenvalue weighted by Crippen LogP contribution is 2.44. The van der Waals surface area contributed by atoms with Crippen molar-refractivity contribution >= 4 is 79.3 Å². The molecule has 6 heteroatoms. The van der Waals surface area contributed by atoms with Crippen LogP contribution in [0.2, 0.25) is 0 Å². The number of fused-ring (bicyclic) bond motifs is 1. The lowest BCUT2D eigenvalue weighted by molar-refractivity contribution is 1.25. The van der Waals surface area contributed by atoms with Crippen molar-refractivity contribution in [2.75, 3.05) is 19.6 Å². The molecule has 0 spiro atoms. The number of hydrogen-bond donors (Lipinski definition) is 0. The molecular weight excluding hydrogens is 1040 g/mol. The van der Waals surface area contributed by atoms with E-state index in [1.54, 1.807) is 0 Å². The Hall–Kier alpha value is -11.6. The molecule has 0 saturated carbocycles. The standard InChI is InChI=1S/C80H58N6/c1-7-23-59(24-8-1)63-27-21-37-75(57-63)85(67-33-15-5-16-34-67)73-53-49-71(50-54-73)83(65-29-11-3-12-30-65)69-45-41-61(42-46-69)79-80(82-78-40-20-19-39-77(78)81-79)62-43-47-70(48-44-62)84(66-31-13-4-14-32-66)72-51-55-74(56-52-72)86(68-35-17-6-18-36-68)76-38-22-28-64(58-76)60-25-9-2-10-26-60/h1-58H. The highest BCUT2D eigenvalue weighted by Gasteiger charge is 2.21. The maximum absolute atomic E-state index is 5.36. The minimum absolute atomic E-state index is 0.809.